The molecule has 1 aromatic heterocycles. The van der Waals surface area contributed by atoms with Crippen LogP contribution >= 0.6 is 0 Å². The van der Waals surface area contributed by atoms with Crippen molar-refractivity contribution in [3.05, 3.63) is 53.1 Å². The van der Waals surface area contributed by atoms with Gasteiger partial charge in [0.15, 0.2) is 0 Å². The minimum atomic E-state index is -0.698. The van der Waals surface area contributed by atoms with Crippen molar-refractivity contribution in [1.29, 1.82) is 0 Å². The summed E-state index contributed by atoms with van der Waals surface area (Å²) in [5.74, 6) is -0.724. The van der Waals surface area contributed by atoms with Crippen LogP contribution in [0, 0.1) is 19.7 Å². The van der Waals surface area contributed by atoms with Gasteiger partial charge in [-0.05, 0) is 43.7 Å². The fraction of sp³-hybridized carbons (Fsp3) is 0.312. The Morgan fingerprint density at radius 1 is 1.38 bits per heavy atom. The van der Waals surface area contributed by atoms with Crippen molar-refractivity contribution in [2.75, 3.05) is 7.11 Å². The number of hydrogen-bond donors (Lipinski definition) is 1. The highest BCUT2D eigenvalue weighted by atomic mass is 19.1. The van der Waals surface area contributed by atoms with Crippen LogP contribution in [0.15, 0.2) is 30.3 Å². The molecule has 0 saturated carbocycles. The second-order valence-corrected chi connectivity index (χ2v) is 5.05. The lowest BCUT2D eigenvalue weighted by molar-refractivity contribution is -0.142. The minimum Gasteiger partial charge on any atom is -0.468 e. The third kappa shape index (κ3) is 3.13. The molecule has 0 aliphatic heterocycles. The highest BCUT2D eigenvalue weighted by molar-refractivity contribution is 5.75. The van der Waals surface area contributed by atoms with Gasteiger partial charge in [-0.1, -0.05) is 6.07 Å². The second-order valence-electron chi connectivity index (χ2n) is 5.05. The van der Waals surface area contributed by atoms with Crippen molar-refractivity contribution >= 4 is 5.97 Å². The van der Waals surface area contributed by atoms with E-state index in [1.807, 2.05) is 30.5 Å². The van der Waals surface area contributed by atoms with Crippen LogP contribution < -0.4 is 5.73 Å². The molecule has 2 aromatic rings. The third-order valence-electron chi connectivity index (χ3n) is 3.55. The van der Waals surface area contributed by atoms with Gasteiger partial charge in [0.1, 0.15) is 11.9 Å². The maximum Gasteiger partial charge on any atom is 0.322 e. The summed E-state index contributed by atoms with van der Waals surface area (Å²) in [7, 11) is 1.32. The zero-order valence-corrected chi connectivity index (χ0v) is 12.4. The topological polar surface area (TPSA) is 57.2 Å². The molecule has 2 rings (SSSR count). The largest absolute Gasteiger partial charge is 0.468 e. The summed E-state index contributed by atoms with van der Waals surface area (Å²) >= 11 is 0. The maximum absolute atomic E-state index is 13.4. The quantitative estimate of drug-likeness (QED) is 0.879. The average Bonchev–Trinajstić information content (AvgIpc) is 2.72. The molecule has 2 N–H and O–H groups in total. The Balaban J connectivity index is 2.36. The van der Waals surface area contributed by atoms with Crippen molar-refractivity contribution in [3.63, 3.8) is 0 Å². The summed E-state index contributed by atoms with van der Waals surface area (Å²) < 4.78 is 20.0. The predicted octanol–water partition coefficient (Wildman–Crippen LogP) is 2.28. The van der Waals surface area contributed by atoms with Crippen LogP contribution in [-0.4, -0.2) is 23.7 Å². The average molecular weight is 290 g/mol. The molecule has 0 bridgehead atoms. The molecule has 1 unspecified atom stereocenters. The van der Waals surface area contributed by atoms with E-state index >= 15 is 0 Å². The van der Waals surface area contributed by atoms with Gasteiger partial charge in [0, 0.05) is 23.5 Å². The Labute approximate surface area is 123 Å². The van der Waals surface area contributed by atoms with Crippen LogP contribution in [-0.2, 0) is 16.0 Å². The van der Waals surface area contributed by atoms with Crippen molar-refractivity contribution in [1.82, 2.24) is 4.57 Å². The molecule has 0 fully saturated rings. The van der Waals surface area contributed by atoms with E-state index in [9.17, 15) is 9.18 Å². The highest BCUT2D eigenvalue weighted by Crippen LogP contribution is 2.22. The van der Waals surface area contributed by atoms with Gasteiger partial charge >= 0.3 is 5.97 Å². The fourth-order valence-electron chi connectivity index (χ4n) is 2.52. The maximum atomic E-state index is 13.4. The Kier molecular flexibility index (Phi) is 4.43. The molecular weight excluding hydrogens is 271 g/mol. The first kappa shape index (κ1) is 15.3. The van der Waals surface area contributed by atoms with Crippen LogP contribution in [0.1, 0.15) is 17.0 Å². The van der Waals surface area contributed by atoms with Gasteiger partial charge in [0.2, 0.25) is 0 Å². The second kappa shape index (κ2) is 6.10. The van der Waals surface area contributed by atoms with E-state index in [1.54, 1.807) is 6.07 Å². The van der Waals surface area contributed by atoms with Gasteiger partial charge in [-0.25, -0.2) is 4.39 Å². The number of aryl methyl sites for hydroxylation is 1. The summed E-state index contributed by atoms with van der Waals surface area (Å²) in [4.78, 5) is 11.4. The first-order chi connectivity index (χ1) is 9.93. The number of carbonyl (C=O) groups is 1. The smallest absolute Gasteiger partial charge is 0.322 e. The Morgan fingerprint density at radius 3 is 2.71 bits per heavy atom. The predicted molar refractivity (Wildman–Crippen MR) is 78.9 cm³/mol. The Morgan fingerprint density at radius 2 is 2.10 bits per heavy atom. The van der Waals surface area contributed by atoms with Gasteiger partial charge in [-0.2, -0.15) is 0 Å². The molecule has 1 heterocycles. The van der Waals surface area contributed by atoms with E-state index in [0.717, 1.165) is 22.6 Å². The number of halogens is 1. The van der Waals surface area contributed by atoms with E-state index in [-0.39, 0.29) is 5.82 Å². The van der Waals surface area contributed by atoms with Gasteiger partial charge in [0.25, 0.3) is 0 Å². The number of benzene rings is 1. The minimum absolute atomic E-state index is 0.284. The lowest BCUT2D eigenvalue weighted by atomic mass is 10.1. The molecule has 112 valence electrons. The number of aromatic nitrogens is 1. The Bertz CT molecular complexity index is 664. The standard InChI is InChI=1S/C16H19FN2O2/c1-10-7-12(8-15(18)16(20)21-3)11(2)19(10)14-6-4-5-13(17)9-14/h4-7,9,15H,8,18H2,1-3H3. The molecule has 0 amide bonds. The summed E-state index contributed by atoms with van der Waals surface area (Å²) in [5.41, 5.74) is 9.42. The molecule has 5 heteroatoms. The van der Waals surface area contributed by atoms with E-state index < -0.39 is 12.0 Å². The number of esters is 1. The summed E-state index contributed by atoms with van der Waals surface area (Å²) in [6.07, 6.45) is 0.391. The molecule has 21 heavy (non-hydrogen) atoms. The molecule has 0 aliphatic carbocycles. The molecule has 1 aromatic carbocycles. The first-order valence-corrected chi connectivity index (χ1v) is 6.71. The van der Waals surface area contributed by atoms with Crippen molar-refractivity contribution in [2.24, 2.45) is 5.73 Å². The summed E-state index contributed by atoms with van der Waals surface area (Å²) in [5, 5.41) is 0. The van der Waals surface area contributed by atoms with E-state index in [1.165, 1.54) is 19.2 Å². The van der Waals surface area contributed by atoms with Gasteiger partial charge < -0.3 is 15.0 Å². The fourth-order valence-corrected chi connectivity index (χ4v) is 2.52. The van der Waals surface area contributed by atoms with Crippen molar-refractivity contribution in [3.8, 4) is 5.69 Å². The van der Waals surface area contributed by atoms with Gasteiger partial charge in [-0.3, -0.25) is 4.79 Å². The Hall–Kier alpha value is -2.14. The first-order valence-electron chi connectivity index (χ1n) is 6.71. The zero-order chi connectivity index (χ0) is 15.6. The zero-order valence-electron chi connectivity index (χ0n) is 12.4. The van der Waals surface area contributed by atoms with Gasteiger partial charge in [0.05, 0.1) is 7.11 Å². The number of nitrogens with two attached hydrogens (primary N) is 1. The lowest BCUT2D eigenvalue weighted by Crippen LogP contribution is -2.33. The normalized spacial score (nSPS) is 12.2. The number of rotatable bonds is 4. The number of methoxy groups -OCH3 is 1. The SMILES string of the molecule is COC(=O)C(N)Cc1cc(C)n(-c2cccc(F)c2)c1C. The van der Waals surface area contributed by atoms with Gasteiger partial charge in [-0.15, -0.1) is 0 Å². The molecule has 0 spiro atoms. The number of carbonyl (C=O) groups excluding carboxylic acids is 1. The van der Waals surface area contributed by atoms with Crippen LogP contribution in [0.5, 0.6) is 0 Å². The molecule has 0 aliphatic rings. The van der Waals surface area contributed by atoms with E-state index in [2.05, 4.69) is 4.74 Å². The lowest BCUT2D eigenvalue weighted by Gasteiger charge is -2.11. The monoisotopic (exact) mass is 290 g/mol. The molecule has 1 atom stereocenters. The third-order valence-corrected chi connectivity index (χ3v) is 3.55. The van der Waals surface area contributed by atoms with Crippen molar-refractivity contribution < 1.29 is 13.9 Å². The van der Waals surface area contributed by atoms with Crippen LogP contribution in [0.4, 0.5) is 4.39 Å². The van der Waals surface area contributed by atoms with E-state index in [4.69, 9.17) is 5.73 Å². The number of hydrogen-bond acceptors (Lipinski definition) is 3. The summed E-state index contributed by atoms with van der Waals surface area (Å²) in [6, 6.07) is 7.66. The summed E-state index contributed by atoms with van der Waals surface area (Å²) in [6.45, 7) is 3.86. The van der Waals surface area contributed by atoms with E-state index in [0.29, 0.717) is 6.42 Å². The molecule has 4 nitrogen and oxygen atoms in total. The van der Waals surface area contributed by atoms with Crippen LogP contribution in [0.3, 0.4) is 0 Å². The highest BCUT2D eigenvalue weighted by Gasteiger charge is 2.18. The molecule has 0 radical (unpaired) electrons. The molecular formula is C16H19FN2O2. The van der Waals surface area contributed by atoms with Crippen molar-refractivity contribution in [2.45, 2.75) is 26.3 Å². The van der Waals surface area contributed by atoms with Crippen LogP contribution in [0.2, 0.25) is 0 Å². The molecule has 0 saturated heterocycles. The number of nitrogens with zero attached hydrogens (tertiary/aromatic N) is 1. The van der Waals surface area contributed by atoms with Crippen LogP contribution in [0.25, 0.3) is 5.69 Å². The number of ether oxygens (including phenoxy) is 1.